The van der Waals surface area contributed by atoms with Crippen molar-refractivity contribution in [3.8, 4) is 0 Å². The topological polar surface area (TPSA) is 56.8 Å². The molecule has 2 aromatic rings. The van der Waals surface area contributed by atoms with E-state index in [0.717, 1.165) is 31.6 Å². The second-order valence-electron chi connectivity index (χ2n) is 7.04. The van der Waals surface area contributed by atoms with Crippen molar-refractivity contribution in [1.29, 1.82) is 0 Å². The fraction of sp³-hybridized carbons (Fsp3) is 0.409. The summed E-state index contributed by atoms with van der Waals surface area (Å²) in [6.45, 7) is 6.63. The Hall–Kier alpha value is -2.73. The number of piperazine rings is 1. The number of rotatable bonds is 6. The normalized spacial score (nSPS) is 14.7. The molecule has 1 fully saturated rings. The van der Waals surface area contributed by atoms with Crippen LogP contribution in [0, 0.1) is 0 Å². The van der Waals surface area contributed by atoms with Crippen LogP contribution < -0.4 is 0 Å². The zero-order chi connectivity index (χ0) is 19.8. The number of amides is 2. The van der Waals surface area contributed by atoms with Gasteiger partial charge < -0.3 is 9.80 Å². The summed E-state index contributed by atoms with van der Waals surface area (Å²) in [5, 5.41) is 0. The lowest BCUT2D eigenvalue weighted by molar-refractivity contribution is -0.152. The maximum atomic E-state index is 12.7. The van der Waals surface area contributed by atoms with Crippen LogP contribution in [0.25, 0.3) is 0 Å². The van der Waals surface area contributed by atoms with E-state index >= 15 is 0 Å². The Morgan fingerprint density at radius 2 is 1.64 bits per heavy atom. The molecule has 1 saturated heterocycles. The van der Waals surface area contributed by atoms with Gasteiger partial charge >= 0.3 is 11.8 Å². The van der Waals surface area contributed by atoms with Gasteiger partial charge in [0.05, 0.1) is 0 Å². The molecule has 3 rings (SSSR count). The monoisotopic (exact) mass is 380 g/mol. The van der Waals surface area contributed by atoms with Crippen LogP contribution in [0.2, 0.25) is 0 Å². The zero-order valence-electron chi connectivity index (χ0n) is 16.5. The van der Waals surface area contributed by atoms with E-state index in [9.17, 15) is 9.59 Å². The summed E-state index contributed by atoms with van der Waals surface area (Å²) in [7, 11) is 0. The molecule has 2 heterocycles. The van der Waals surface area contributed by atoms with Gasteiger partial charge in [-0.1, -0.05) is 30.3 Å². The minimum absolute atomic E-state index is 0.379. The number of likely N-dealkylation sites (N-methyl/N-ethyl adjacent to an activating group) is 1. The molecule has 2 amide bonds. The Morgan fingerprint density at radius 3 is 2.29 bits per heavy atom. The molecule has 1 aromatic heterocycles. The van der Waals surface area contributed by atoms with Crippen LogP contribution in [-0.4, -0.2) is 70.8 Å². The van der Waals surface area contributed by atoms with Gasteiger partial charge in [0, 0.05) is 58.2 Å². The number of aromatic nitrogens is 1. The predicted octanol–water partition coefficient (Wildman–Crippen LogP) is 1.82. The van der Waals surface area contributed by atoms with Crippen LogP contribution in [0.4, 0.5) is 0 Å². The Balaban J connectivity index is 1.48. The fourth-order valence-electron chi connectivity index (χ4n) is 3.44. The van der Waals surface area contributed by atoms with Gasteiger partial charge in [0.1, 0.15) is 0 Å². The summed E-state index contributed by atoms with van der Waals surface area (Å²) in [4.78, 5) is 35.0. The third-order valence-electron chi connectivity index (χ3n) is 5.18. The van der Waals surface area contributed by atoms with Gasteiger partial charge in [-0.15, -0.1) is 0 Å². The van der Waals surface area contributed by atoms with Gasteiger partial charge in [-0.3, -0.25) is 19.5 Å². The molecular weight excluding hydrogens is 352 g/mol. The van der Waals surface area contributed by atoms with E-state index in [4.69, 9.17) is 0 Å². The Labute approximate surface area is 166 Å². The molecule has 0 spiro atoms. The number of benzene rings is 1. The molecule has 6 heteroatoms. The van der Waals surface area contributed by atoms with E-state index < -0.39 is 5.91 Å². The Morgan fingerprint density at radius 1 is 0.964 bits per heavy atom. The molecule has 0 unspecified atom stereocenters. The van der Waals surface area contributed by atoms with Crippen molar-refractivity contribution in [2.24, 2.45) is 0 Å². The second-order valence-corrected chi connectivity index (χ2v) is 7.04. The molecule has 0 N–H and O–H groups in total. The molecule has 148 valence electrons. The molecule has 28 heavy (non-hydrogen) atoms. The van der Waals surface area contributed by atoms with Crippen LogP contribution in [0.15, 0.2) is 54.9 Å². The number of nitrogens with zero attached hydrogens (tertiary/aromatic N) is 4. The number of carbonyl (C=O) groups excluding carboxylic acids is 2. The largest absolute Gasteiger partial charge is 0.334 e. The minimum Gasteiger partial charge on any atom is -0.334 e. The highest BCUT2D eigenvalue weighted by molar-refractivity contribution is 6.34. The summed E-state index contributed by atoms with van der Waals surface area (Å²) in [5.41, 5.74) is 2.38. The van der Waals surface area contributed by atoms with E-state index in [1.807, 2.05) is 37.3 Å². The SMILES string of the molecule is CCN(CCc1ccncc1)C(=O)C(=O)N1CCN(Cc2ccccc2)CC1. The molecule has 6 nitrogen and oxygen atoms in total. The first-order valence-electron chi connectivity index (χ1n) is 9.90. The number of hydrogen-bond acceptors (Lipinski definition) is 4. The summed E-state index contributed by atoms with van der Waals surface area (Å²) in [6, 6.07) is 14.2. The standard InChI is InChI=1S/C22H28N4O2/c1-2-25(13-10-19-8-11-23-12-9-19)21(27)22(28)26-16-14-24(15-17-26)18-20-6-4-3-5-7-20/h3-9,11-12H,2,10,13-18H2,1H3. The zero-order valence-corrected chi connectivity index (χ0v) is 16.5. The van der Waals surface area contributed by atoms with Crippen molar-refractivity contribution in [2.45, 2.75) is 19.9 Å². The summed E-state index contributed by atoms with van der Waals surface area (Å²) in [5.74, 6) is -0.774. The Bertz CT molecular complexity index is 759. The fourth-order valence-corrected chi connectivity index (χ4v) is 3.44. The molecule has 1 aliphatic rings. The van der Waals surface area contributed by atoms with E-state index in [-0.39, 0.29) is 5.91 Å². The predicted molar refractivity (Wildman–Crippen MR) is 108 cm³/mol. The van der Waals surface area contributed by atoms with Gasteiger partial charge in [0.15, 0.2) is 0 Å². The van der Waals surface area contributed by atoms with Crippen molar-refractivity contribution in [2.75, 3.05) is 39.3 Å². The van der Waals surface area contributed by atoms with Gasteiger partial charge in [0.2, 0.25) is 0 Å². The van der Waals surface area contributed by atoms with Crippen LogP contribution >= 0.6 is 0 Å². The highest BCUT2D eigenvalue weighted by atomic mass is 16.2. The molecule has 0 saturated carbocycles. The summed E-state index contributed by atoms with van der Waals surface area (Å²) in [6.07, 6.45) is 4.21. The first-order valence-corrected chi connectivity index (χ1v) is 9.90. The van der Waals surface area contributed by atoms with Crippen LogP contribution in [0.5, 0.6) is 0 Å². The van der Waals surface area contributed by atoms with Gasteiger partial charge in [-0.05, 0) is 36.6 Å². The third kappa shape index (κ3) is 5.39. The first-order chi connectivity index (χ1) is 13.7. The number of carbonyl (C=O) groups is 2. The van der Waals surface area contributed by atoms with Crippen molar-refractivity contribution in [1.82, 2.24) is 19.7 Å². The van der Waals surface area contributed by atoms with Gasteiger partial charge in [-0.25, -0.2) is 0 Å². The van der Waals surface area contributed by atoms with Gasteiger partial charge in [-0.2, -0.15) is 0 Å². The van der Waals surface area contributed by atoms with Crippen LogP contribution in [0.3, 0.4) is 0 Å². The molecule has 0 bridgehead atoms. The van der Waals surface area contributed by atoms with Crippen LogP contribution in [0.1, 0.15) is 18.1 Å². The van der Waals surface area contributed by atoms with Crippen molar-refractivity contribution < 1.29 is 9.59 Å². The summed E-state index contributed by atoms with van der Waals surface area (Å²) >= 11 is 0. The summed E-state index contributed by atoms with van der Waals surface area (Å²) < 4.78 is 0. The van der Waals surface area contributed by atoms with Crippen molar-refractivity contribution >= 4 is 11.8 Å². The van der Waals surface area contributed by atoms with Gasteiger partial charge in [0.25, 0.3) is 0 Å². The lowest BCUT2D eigenvalue weighted by Gasteiger charge is -2.35. The average molecular weight is 380 g/mol. The molecule has 1 aliphatic heterocycles. The molecule has 0 aliphatic carbocycles. The lowest BCUT2D eigenvalue weighted by atomic mass is 10.2. The molecule has 0 atom stereocenters. The lowest BCUT2D eigenvalue weighted by Crippen LogP contribution is -2.53. The van der Waals surface area contributed by atoms with Crippen LogP contribution in [-0.2, 0) is 22.6 Å². The number of hydrogen-bond donors (Lipinski definition) is 0. The smallest absolute Gasteiger partial charge is 0.312 e. The van der Waals surface area contributed by atoms with E-state index in [1.165, 1.54) is 5.56 Å². The maximum Gasteiger partial charge on any atom is 0.312 e. The minimum atomic E-state index is -0.395. The molecule has 1 aromatic carbocycles. The van der Waals surface area contributed by atoms with E-state index in [2.05, 4.69) is 22.0 Å². The average Bonchev–Trinajstić information content (AvgIpc) is 2.75. The van der Waals surface area contributed by atoms with Crippen molar-refractivity contribution in [3.05, 3.63) is 66.0 Å². The van der Waals surface area contributed by atoms with Crippen molar-refractivity contribution in [3.63, 3.8) is 0 Å². The number of pyridine rings is 1. The molecule has 0 radical (unpaired) electrons. The molecular formula is C22H28N4O2. The second kappa shape index (κ2) is 9.99. The quantitative estimate of drug-likeness (QED) is 0.718. The first kappa shape index (κ1) is 20.0. The maximum absolute atomic E-state index is 12.7. The highest BCUT2D eigenvalue weighted by Gasteiger charge is 2.28. The third-order valence-corrected chi connectivity index (χ3v) is 5.18. The van der Waals surface area contributed by atoms with E-state index in [1.54, 1.807) is 22.2 Å². The Kier molecular flexibility index (Phi) is 7.14. The van der Waals surface area contributed by atoms with E-state index in [0.29, 0.717) is 26.2 Å². The highest BCUT2D eigenvalue weighted by Crippen LogP contribution is 2.10.